The van der Waals surface area contributed by atoms with Gasteiger partial charge < -0.3 is 14.5 Å². The number of carbonyl (C=O) groups is 2. The van der Waals surface area contributed by atoms with E-state index in [1.54, 1.807) is 30.0 Å². The SMILES string of the molecule is Cc1noc2nc(-c3ccc(F)cc3)cc(C(=O)N3C[C@@H](C)[C@H](C(=O)O)C3)c12. The number of carboxylic acid groups (broad SMARTS) is 1. The van der Waals surface area contributed by atoms with Crippen molar-refractivity contribution >= 4 is 23.0 Å². The number of likely N-dealkylation sites (tertiary alicyclic amines) is 1. The first-order valence-electron chi connectivity index (χ1n) is 8.90. The second kappa shape index (κ2) is 6.70. The summed E-state index contributed by atoms with van der Waals surface area (Å²) >= 11 is 0. The Morgan fingerprint density at radius 2 is 1.96 bits per heavy atom. The Kier molecular flexibility index (Phi) is 4.33. The van der Waals surface area contributed by atoms with Crippen molar-refractivity contribution in [2.24, 2.45) is 11.8 Å². The number of hydrogen-bond acceptors (Lipinski definition) is 5. The number of carboxylic acids is 1. The number of hydrogen-bond donors (Lipinski definition) is 1. The minimum absolute atomic E-state index is 0.140. The number of fused-ring (bicyclic) bond motifs is 1. The molecule has 0 aliphatic carbocycles. The van der Waals surface area contributed by atoms with Crippen LogP contribution in [0.1, 0.15) is 23.0 Å². The molecule has 1 saturated heterocycles. The molecule has 1 aromatic carbocycles. The van der Waals surface area contributed by atoms with E-state index in [4.69, 9.17) is 4.52 Å². The van der Waals surface area contributed by atoms with E-state index in [0.29, 0.717) is 34.4 Å². The van der Waals surface area contributed by atoms with Gasteiger partial charge in [-0.15, -0.1) is 0 Å². The first-order chi connectivity index (χ1) is 13.3. The molecule has 4 rings (SSSR count). The van der Waals surface area contributed by atoms with E-state index in [0.717, 1.165) is 0 Å². The molecule has 0 spiro atoms. The number of benzene rings is 1. The van der Waals surface area contributed by atoms with Crippen molar-refractivity contribution in [3.63, 3.8) is 0 Å². The van der Waals surface area contributed by atoms with Crippen LogP contribution in [0, 0.1) is 24.6 Å². The number of halogens is 1. The highest BCUT2D eigenvalue weighted by molar-refractivity contribution is 6.07. The van der Waals surface area contributed by atoms with Gasteiger partial charge in [-0.3, -0.25) is 9.59 Å². The fourth-order valence-electron chi connectivity index (χ4n) is 3.66. The lowest BCUT2D eigenvalue weighted by Gasteiger charge is -2.17. The van der Waals surface area contributed by atoms with E-state index < -0.39 is 11.9 Å². The van der Waals surface area contributed by atoms with Crippen molar-refractivity contribution in [2.45, 2.75) is 13.8 Å². The van der Waals surface area contributed by atoms with Crippen LogP contribution in [0.2, 0.25) is 0 Å². The second-order valence-electron chi connectivity index (χ2n) is 7.14. The summed E-state index contributed by atoms with van der Waals surface area (Å²) < 4.78 is 18.5. The normalized spacial score (nSPS) is 19.3. The van der Waals surface area contributed by atoms with Gasteiger partial charge in [0.25, 0.3) is 11.6 Å². The molecule has 0 bridgehead atoms. The Hall–Kier alpha value is -3.29. The van der Waals surface area contributed by atoms with Crippen LogP contribution in [-0.4, -0.2) is 45.1 Å². The Labute approximate surface area is 159 Å². The predicted octanol–water partition coefficient (Wildman–Crippen LogP) is 3.13. The number of aryl methyl sites for hydroxylation is 1. The molecule has 1 aliphatic rings. The summed E-state index contributed by atoms with van der Waals surface area (Å²) in [5, 5.41) is 13.8. The Balaban J connectivity index is 1.79. The zero-order valence-electron chi connectivity index (χ0n) is 15.3. The number of amides is 1. The summed E-state index contributed by atoms with van der Waals surface area (Å²) in [6, 6.07) is 7.39. The molecule has 2 atom stereocenters. The van der Waals surface area contributed by atoms with Crippen LogP contribution in [0.5, 0.6) is 0 Å². The van der Waals surface area contributed by atoms with Crippen molar-refractivity contribution in [1.82, 2.24) is 15.0 Å². The zero-order chi connectivity index (χ0) is 20.0. The van der Waals surface area contributed by atoms with Crippen molar-refractivity contribution in [1.29, 1.82) is 0 Å². The van der Waals surface area contributed by atoms with E-state index in [1.807, 2.05) is 6.92 Å². The second-order valence-corrected chi connectivity index (χ2v) is 7.14. The third-order valence-electron chi connectivity index (χ3n) is 5.20. The highest BCUT2D eigenvalue weighted by Gasteiger charge is 2.38. The highest BCUT2D eigenvalue weighted by atomic mass is 19.1. The molecular weight excluding hydrogens is 365 g/mol. The highest BCUT2D eigenvalue weighted by Crippen LogP contribution is 2.31. The molecular formula is C20H18FN3O4. The van der Waals surface area contributed by atoms with Gasteiger partial charge in [-0.1, -0.05) is 12.1 Å². The topological polar surface area (TPSA) is 96.5 Å². The van der Waals surface area contributed by atoms with Crippen LogP contribution in [0.25, 0.3) is 22.4 Å². The summed E-state index contributed by atoms with van der Waals surface area (Å²) in [5.41, 5.74) is 2.17. The van der Waals surface area contributed by atoms with Crippen LogP contribution >= 0.6 is 0 Å². The van der Waals surface area contributed by atoms with Gasteiger partial charge in [0.2, 0.25) is 0 Å². The minimum atomic E-state index is -0.907. The molecule has 3 heterocycles. The van der Waals surface area contributed by atoms with E-state index in [1.165, 1.54) is 12.1 Å². The first kappa shape index (κ1) is 18.1. The average Bonchev–Trinajstić information content (AvgIpc) is 3.24. The van der Waals surface area contributed by atoms with Gasteiger partial charge in [0.15, 0.2) is 0 Å². The molecule has 1 N–H and O–H groups in total. The molecule has 0 unspecified atom stereocenters. The van der Waals surface area contributed by atoms with E-state index in [-0.39, 0.29) is 29.9 Å². The summed E-state index contributed by atoms with van der Waals surface area (Å²) in [4.78, 5) is 30.6. The van der Waals surface area contributed by atoms with Gasteiger partial charge >= 0.3 is 5.97 Å². The summed E-state index contributed by atoms with van der Waals surface area (Å²) in [6.07, 6.45) is 0. The lowest BCUT2D eigenvalue weighted by atomic mass is 9.99. The van der Waals surface area contributed by atoms with Crippen LogP contribution in [0.4, 0.5) is 4.39 Å². The number of nitrogens with zero attached hydrogens (tertiary/aromatic N) is 3. The standard InChI is InChI=1S/C20H18FN3O4/c1-10-8-24(9-15(10)20(26)27)19(25)14-7-16(12-3-5-13(21)6-4-12)22-18-17(14)11(2)23-28-18/h3-7,10,15H,8-9H2,1-2H3,(H,26,27)/t10-,15-/m1/s1. The number of rotatable bonds is 3. The number of aromatic nitrogens is 2. The molecule has 3 aromatic rings. The Morgan fingerprint density at radius 3 is 2.61 bits per heavy atom. The van der Waals surface area contributed by atoms with Gasteiger partial charge in [0.05, 0.1) is 28.3 Å². The molecule has 144 valence electrons. The maximum Gasteiger partial charge on any atom is 0.308 e. The van der Waals surface area contributed by atoms with Gasteiger partial charge in [-0.25, -0.2) is 9.37 Å². The Bertz CT molecular complexity index is 1080. The van der Waals surface area contributed by atoms with Crippen molar-refractivity contribution < 1.29 is 23.6 Å². The van der Waals surface area contributed by atoms with E-state index in [2.05, 4.69) is 10.1 Å². The molecule has 1 aliphatic heterocycles. The third kappa shape index (κ3) is 3.00. The lowest BCUT2D eigenvalue weighted by molar-refractivity contribution is -0.142. The molecule has 0 saturated carbocycles. The molecule has 1 fully saturated rings. The van der Waals surface area contributed by atoms with Crippen molar-refractivity contribution in [3.05, 3.63) is 47.4 Å². The van der Waals surface area contributed by atoms with E-state index >= 15 is 0 Å². The van der Waals surface area contributed by atoms with Gasteiger partial charge in [0, 0.05) is 18.7 Å². The molecule has 7 nitrogen and oxygen atoms in total. The largest absolute Gasteiger partial charge is 0.481 e. The predicted molar refractivity (Wildman–Crippen MR) is 98.1 cm³/mol. The van der Waals surface area contributed by atoms with Gasteiger partial charge in [-0.2, -0.15) is 0 Å². The fourth-order valence-corrected chi connectivity index (χ4v) is 3.66. The van der Waals surface area contributed by atoms with Gasteiger partial charge in [-0.05, 0) is 43.2 Å². The summed E-state index contributed by atoms with van der Waals surface area (Å²) in [5.74, 6) is -2.31. The number of aliphatic carboxylic acids is 1. The maximum atomic E-state index is 13.3. The molecule has 0 radical (unpaired) electrons. The molecule has 28 heavy (non-hydrogen) atoms. The summed E-state index contributed by atoms with van der Waals surface area (Å²) in [7, 11) is 0. The lowest BCUT2D eigenvalue weighted by Crippen LogP contribution is -2.30. The average molecular weight is 383 g/mol. The molecule has 8 heteroatoms. The number of pyridine rings is 1. The van der Waals surface area contributed by atoms with E-state index in [9.17, 15) is 19.1 Å². The fraction of sp³-hybridized carbons (Fsp3) is 0.300. The number of carbonyl (C=O) groups excluding carboxylic acids is 1. The third-order valence-corrected chi connectivity index (χ3v) is 5.20. The Morgan fingerprint density at radius 1 is 1.25 bits per heavy atom. The van der Waals surface area contributed by atoms with Crippen LogP contribution < -0.4 is 0 Å². The minimum Gasteiger partial charge on any atom is -0.481 e. The van der Waals surface area contributed by atoms with Gasteiger partial charge in [0.1, 0.15) is 5.82 Å². The van der Waals surface area contributed by atoms with Crippen LogP contribution in [-0.2, 0) is 4.79 Å². The summed E-state index contributed by atoms with van der Waals surface area (Å²) in [6.45, 7) is 4.04. The van der Waals surface area contributed by atoms with Crippen molar-refractivity contribution in [2.75, 3.05) is 13.1 Å². The molecule has 1 amide bonds. The quantitative estimate of drug-likeness (QED) is 0.746. The molecule has 2 aromatic heterocycles. The smallest absolute Gasteiger partial charge is 0.308 e. The van der Waals surface area contributed by atoms with Crippen LogP contribution in [0.15, 0.2) is 34.9 Å². The maximum absolute atomic E-state index is 13.3. The monoisotopic (exact) mass is 383 g/mol. The zero-order valence-corrected chi connectivity index (χ0v) is 15.3. The van der Waals surface area contributed by atoms with Crippen LogP contribution in [0.3, 0.4) is 0 Å². The first-order valence-corrected chi connectivity index (χ1v) is 8.90. The van der Waals surface area contributed by atoms with Crippen molar-refractivity contribution in [3.8, 4) is 11.3 Å².